The smallest absolute Gasteiger partial charge is 0.266 e. The first-order valence-corrected chi connectivity index (χ1v) is 12.4. The zero-order chi connectivity index (χ0) is 25.8. The second-order valence-electron chi connectivity index (χ2n) is 9.15. The summed E-state index contributed by atoms with van der Waals surface area (Å²) < 4.78 is 6.92. The number of para-hydroxylation sites is 1. The van der Waals surface area contributed by atoms with Crippen molar-refractivity contribution in [3.8, 4) is 11.4 Å². The van der Waals surface area contributed by atoms with E-state index in [2.05, 4.69) is 6.92 Å². The Morgan fingerprint density at radius 1 is 1.03 bits per heavy atom. The SMILES string of the molecule is CCCCN(C(=O)c1ccc(OC)cc1)C(C)c1nc2ccccc2c(=O)n1-c1ccc(C)c(C)c1. The third kappa shape index (κ3) is 4.89. The maximum Gasteiger partial charge on any atom is 0.266 e. The Morgan fingerprint density at radius 2 is 1.75 bits per heavy atom. The molecule has 0 radical (unpaired) electrons. The summed E-state index contributed by atoms with van der Waals surface area (Å²) in [5, 5.41) is 0.549. The van der Waals surface area contributed by atoms with Crippen molar-refractivity contribution in [3.05, 3.63) is 99.6 Å². The quantitative estimate of drug-likeness (QED) is 0.308. The molecular weight excluding hydrogens is 450 g/mol. The van der Waals surface area contributed by atoms with E-state index < -0.39 is 6.04 Å². The third-order valence-corrected chi connectivity index (χ3v) is 6.74. The van der Waals surface area contributed by atoms with Gasteiger partial charge in [-0.3, -0.25) is 14.2 Å². The van der Waals surface area contributed by atoms with Crippen LogP contribution < -0.4 is 10.3 Å². The van der Waals surface area contributed by atoms with E-state index in [-0.39, 0.29) is 11.5 Å². The standard InChI is InChI=1S/C30H33N3O3/c1-6-7-18-32(29(34)23-13-16-25(36-5)17-14-23)22(4)28-31-27-11-9-8-10-26(27)30(35)33(28)24-15-12-20(2)21(3)19-24/h8-17,19,22H,6-7,18H2,1-5H3. The van der Waals surface area contributed by atoms with Crippen LogP contribution in [0.15, 0.2) is 71.5 Å². The highest BCUT2D eigenvalue weighted by Crippen LogP contribution is 2.26. The summed E-state index contributed by atoms with van der Waals surface area (Å²) >= 11 is 0. The summed E-state index contributed by atoms with van der Waals surface area (Å²) in [7, 11) is 1.60. The van der Waals surface area contributed by atoms with Gasteiger partial charge < -0.3 is 9.64 Å². The molecule has 0 bridgehead atoms. The van der Waals surface area contributed by atoms with E-state index >= 15 is 0 Å². The molecule has 1 amide bonds. The summed E-state index contributed by atoms with van der Waals surface area (Å²) in [5.41, 5.74) is 4.03. The van der Waals surface area contributed by atoms with Crippen LogP contribution in [0.1, 0.15) is 60.0 Å². The fourth-order valence-electron chi connectivity index (χ4n) is 4.38. The number of aromatic nitrogens is 2. The number of carbonyl (C=O) groups excluding carboxylic acids is 1. The number of hydrogen-bond acceptors (Lipinski definition) is 4. The Kier molecular flexibility index (Phi) is 7.53. The van der Waals surface area contributed by atoms with Crippen LogP contribution in [0, 0.1) is 13.8 Å². The fraction of sp³-hybridized carbons (Fsp3) is 0.300. The van der Waals surface area contributed by atoms with Gasteiger partial charge in [0.1, 0.15) is 11.6 Å². The molecular formula is C30H33N3O3. The first-order valence-electron chi connectivity index (χ1n) is 12.4. The number of ether oxygens (including phenoxy) is 1. The molecule has 0 aliphatic rings. The molecule has 0 saturated heterocycles. The van der Waals surface area contributed by atoms with E-state index in [1.54, 1.807) is 42.0 Å². The monoisotopic (exact) mass is 483 g/mol. The molecule has 4 aromatic rings. The predicted molar refractivity (Wildman–Crippen MR) is 144 cm³/mol. The van der Waals surface area contributed by atoms with Crippen LogP contribution in [-0.4, -0.2) is 34.0 Å². The maximum absolute atomic E-state index is 13.8. The number of carbonyl (C=O) groups is 1. The second-order valence-corrected chi connectivity index (χ2v) is 9.15. The molecule has 0 aliphatic heterocycles. The molecule has 186 valence electrons. The lowest BCUT2D eigenvalue weighted by molar-refractivity contribution is 0.0678. The molecule has 1 atom stereocenters. The van der Waals surface area contributed by atoms with Gasteiger partial charge in [0.25, 0.3) is 11.5 Å². The molecule has 4 rings (SSSR count). The number of rotatable bonds is 8. The number of fused-ring (bicyclic) bond motifs is 1. The third-order valence-electron chi connectivity index (χ3n) is 6.74. The minimum atomic E-state index is -0.440. The van der Waals surface area contributed by atoms with E-state index in [4.69, 9.17) is 9.72 Å². The van der Waals surface area contributed by atoms with Gasteiger partial charge in [-0.05, 0) is 86.8 Å². The highest BCUT2D eigenvalue weighted by atomic mass is 16.5. The Balaban J connectivity index is 1.89. The van der Waals surface area contributed by atoms with Crippen LogP contribution in [0.5, 0.6) is 5.75 Å². The molecule has 1 aromatic heterocycles. The first-order chi connectivity index (χ1) is 17.3. The van der Waals surface area contributed by atoms with Crippen LogP contribution in [0.4, 0.5) is 0 Å². The average molecular weight is 484 g/mol. The van der Waals surface area contributed by atoms with Crippen molar-refractivity contribution >= 4 is 16.8 Å². The van der Waals surface area contributed by atoms with Crippen molar-refractivity contribution in [2.24, 2.45) is 0 Å². The van der Waals surface area contributed by atoms with Gasteiger partial charge in [0.2, 0.25) is 0 Å². The summed E-state index contributed by atoms with van der Waals surface area (Å²) in [4.78, 5) is 34.3. The van der Waals surface area contributed by atoms with Crippen molar-refractivity contribution in [1.29, 1.82) is 0 Å². The summed E-state index contributed by atoms with van der Waals surface area (Å²) in [6.45, 7) is 8.68. The number of unbranched alkanes of at least 4 members (excludes halogenated alkanes) is 1. The molecule has 0 fully saturated rings. The van der Waals surface area contributed by atoms with Crippen molar-refractivity contribution in [3.63, 3.8) is 0 Å². The normalized spacial score (nSPS) is 11.9. The Hall–Kier alpha value is -3.93. The van der Waals surface area contributed by atoms with E-state index in [1.807, 2.05) is 62.1 Å². The zero-order valence-corrected chi connectivity index (χ0v) is 21.6. The predicted octanol–water partition coefficient (Wildman–Crippen LogP) is 6.01. The minimum absolute atomic E-state index is 0.104. The van der Waals surface area contributed by atoms with Gasteiger partial charge in [-0.25, -0.2) is 4.98 Å². The number of amides is 1. The Labute approximate surface area is 212 Å². The summed E-state index contributed by atoms with van der Waals surface area (Å²) in [6.07, 6.45) is 1.78. The largest absolute Gasteiger partial charge is 0.497 e. The number of hydrogen-bond donors (Lipinski definition) is 0. The average Bonchev–Trinajstić information content (AvgIpc) is 2.90. The maximum atomic E-state index is 13.8. The van der Waals surface area contributed by atoms with Gasteiger partial charge >= 0.3 is 0 Å². The van der Waals surface area contributed by atoms with Gasteiger partial charge in [0, 0.05) is 12.1 Å². The van der Waals surface area contributed by atoms with Gasteiger partial charge in [-0.15, -0.1) is 0 Å². The topological polar surface area (TPSA) is 64.4 Å². The highest BCUT2D eigenvalue weighted by Gasteiger charge is 2.27. The Bertz CT molecular complexity index is 1440. The zero-order valence-electron chi connectivity index (χ0n) is 21.6. The number of methoxy groups -OCH3 is 1. The lowest BCUT2D eigenvalue weighted by Gasteiger charge is -2.31. The number of nitrogens with zero attached hydrogens (tertiary/aromatic N) is 3. The lowest BCUT2D eigenvalue weighted by Crippen LogP contribution is -2.38. The molecule has 6 heteroatoms. The first kappa shape index (κ1) is 25.2. The Morgan fingerprint density at radius 3 is 2.42 bits per heavy atom. The number of benzene rings is 3. The van der Waals surface area contributed by atoms with Gasteiger partial charge in [-0.1, -0.05) is 31.5 Å². The van der Waals surface area contributed by atoms with Crippen LogP contribution in [0.3, 0.4) is 0 Å². The highest BCUT2D eigenvalue weighted by molar-refractivity contribution is 5.94. The van der Waals surface area contributed by atoms with E-state index in [1.165, 1.54) is 0 Å². The van der Waals surface area contributed by atoms with E-state index in [9.17, 15) is 9.59 Å². The fourth-order valence-corrected chi connectivity index (χ4v) is 4.38. The summed E-state index contributed by atoms with van der Waals surface area (Å²) in [6, 6.07) is 20.0. The molecule has 0 saturated carbocycles. The molecule has 1 heterocycles. The second kappa shape index (κ2) is 10.8. The van der Waals surface area contributed by atoms with Crippen LogP contribution >= 0.6 is 0 Å². The van der Waals surface area contributed by atoms with Gasteiger partial charge in [-0.2, -0.15) is 0 Å². The van der Waals surface area contributed by atoms with Crippen molar-refractivity contribution in [2.45, 2.75) is 46.6 Å². The molecule has 36 heavy (non-hydrogen) atoms. The molecule has 3 aromatic carbocycles. The molecule has 6 nitrogen and oxygen atoms in total. The van der Waals surface area contributed by atoms with Gasteiger partial charge in [0.05, 0.1) is 29.7 Å². The van der Waals surface area contributed by atoms with Crippen molar-refractivity contribution in [2.75, 3.05) is 13.7 Å². The van der Waals surface area contributed by atoms with Crippen LogP contribution in [0.2, 0.25) is 0 Å². The molecule has 0 aliphatic carbocycles. The van der Waals surface area contributed by atoms with E-state index in [0.717, 1.165) is 29.7 Å². The summed E-state index contributed by atoms with van der Waals surface area (Å²) in [5.74, 6) is 1.13. The van der Waals surface area contributed by atoms with Crippen molar-refractivity contribution < 1.29 is 9.53 Å². The van der Waals surface area contributed by atoms with Gasteiger partial charge in [0.15, 0.2) is 0 Å². The lowest BCUT2D eigenvalue weighted by atomic mass is 10.1. The molecule has 1 unspecified atom stereocenters. The number of aryl methyl sites for hydroxylation is 2. The molecule has 0 N–H and O–H groups in total. The van der Waals surface area contributed by atoms with Crippen LogP contribution in [0.25, 0.3) is 16.6 Å². The minimum Gasteiger partial charge on any atom is -0.497 e. The van der Waals surface area contributed by atoms with E-state index in [0.29, 0.717) is 34.6 Å². The molecule has 0 spiro atoms. The van der Waals surface area contributed by atoms with Crippen molar-refractivity contribution in [1.82, 2.24) is 14.5 Å². The van der Waals surface area contributed by atoms with Crippen LogP contribution in [-0.2, 0) is 0 Å².